The number of imidazole rings is 1. The Kier molecular flexibility index (Phi) is 7.44. The van der Waals surface area contributed by atoms with E-state index in [1.165, 1.54) is 11.3 Å². The van der Waals surface area contributed by atoms with Crippen LogP contribution in [0.2, 0.25) is 0 Å². The van der Waals surface area contributed by atoms with E-state index in [0.29, 0.717) is 56.0 Å². The van der Waals surface area contributed by atoms with E-state index in [0.717, 1.165) is 21.8 Å². The fourth-order valence-electron chi connectivity index (χ4n) is 3.88. The quantitative estimate of drug-likeness (QED) is 0.516. The number of amides is 3. The number of benzene rings is 1. The van der Waals surface area contributed by atoms with E-state index in [-0.39, 0.29) is 11.9 Å². The molecule has 0 aliphatic carbocycles. The first-order valence-electron chi connectivity index (χ1n) is 11.0. The lowest BCUT2D eigenvalue weighted by molar-refractivity contribution is -0.116. The predicted molar refractivity (Wildman–Crippen MR) is 129 cm³/mol. The molecule has 1 aliphatic heterocycles. The zero-order valence-electron chi connectivity index (χ0n) is 18.9. The van der Waals surface area contributed by atoms with Crippen molar-refractivity contribution in [2.75, 3.05) is 25.5 Å². The molecule has 34 heavy (non-hydrogen) atoms. The molecule has 3 aromatic rings. The summed E-state index contributed by atoms with van der Waals surface area (Å²) in [5, 5.41) is 16.1. The Morgan fingerprint density at radius 3 is 3.00 bits per heavy atom. The standard InChI is InChI=1S/C24H26N6O3S/c1-33-18-4-2-3-17(13-18)5-6-22(31)28-23-20(14-25)19-7-10-30(15-21(19)34-23)24(32)27-9-12-29-11-8-26-16-29/h2-4,8,11,13,16H,5-7,9-10,12,15H2,1H3,(H,27,32)(H,28,31). The van der Waals surface area contributed by atoms with Crippen LogP contribution in [-0.4, -0.2) is 46.6 Å². The Morgan fingerprint density at radius 2 is 2.24 bits per heavy atom. The average Bonchev–Trinajstić information content (AvgIpc) is 3.49. The Labute approximate surface area is 202 Å². The molecule has 0 fully saturated rings. The fraction of sp³-hybridized carbons (Fsp3) is 0.333. The summed E-state index contributed by atoms with van der Waals surface area (Å²) in [7, 11) is 1.61. The number of ether oxygens (including phenoxy) is 1. The summed E-state index contributed by atoms with van der Waals surface area (Å²) >= 11 is 1.38. The smallest absolute Gasteiger partial charge is 0.317 e. The van der Waals surface area contributed by atoms with Gasteiger partial charge in [-0.1, -0.05) is 12.1 Å². The summed E-state index contributed by atoms with van der Waals surface area (Å²) in [6.45, 7) is 2.10. The molecule has 0 atom stereocenters. The second-order valence-corrected chi connectivity index (χ2v) is 9.03. The molecule has 10 heteroatoms. The van der Waals surface area contributed by atoms with E-state index >= 15 is 0 Å². The maximum atomic E-state index is 12.6. The molecule has 1 aromatic carbocycles. The summed E-state index contributed by atoms with van der Waals surface area (Å²) in [4.78, 5) is 31.8. The van der Waals surface area contributed by atoms with E-state index in [1.54, 1.807) is 24.5 Å². The van der Waals surface area contributed by atoms with Crippen LogP contribution in [0.3, 0.4) is 0 Å². The number of hydrogen-bond acceptors (Lipinski definition) is 6. The minimum Gasteiger partial charge on any atom is -0.497 e. The van der Waals surface area contributed by atoms with Crippen molar-refractivity contribution in [2.45, 2.75) is 32.4 Å². The molecule has 9 nitrogen and oxygen atoms in total. The van der Waals surface area contributed by atoms with Crippen LogP contribution in [0.4, 0.5) is 9.80 Å². The lowest BCUT2D eigenvalue weighted by atomic mass is 10.0. The molecule has 1 aliphatic rings. The van der Waals surface area contributed by atoms with Crippen molar-refractivity contribution < 1.29 is 14.3 Å². The van der Waals surface area contributed by atoms with E-state index < -0.39 is 0 Å². The van der Waals surface area contributed by atoms with E-state index in [1.807, 2.05) is 35.0 Å². The van der Waals surface area contributed by atoms with Crippen molar-refractivity contribution in [1.29, 1.82) is 5.26 Å². The topological polar surface area (TPSA) is 112 Å². The number of urea groups is 1. The molecule has 0 unspecified atom stereocenters. The van der Waals surface area contributed by atoms with Crippen molar-refractivity contribution in [3.63, 3.8) is 0 Å². The molecule has 3 heterocycles. The second kappa shape index (κ2) is 10.9. The number of hydrogen-bond donors (Lipinski definition) is 2. The number of anilines is 1. The highest BCUT2D eigenvalue weighted by Crippen LogP contribution is 2.36. The van der Waals surface area contributed by atoms with Gasteiger partial charge in [0.15, 0.2) is 0 Å². The number of nitrogens with one attached hydrogen (secondary N) is 2. The third-order valence-corrected chi connectivity index (χ3v) is 6.82. The molecule has 0 radical (unpaired) electrons. The predicted octanol–water partition coefficient (Wildman–Crippen LogP) is 3.16. The van der Waals surface area contributed by atoms with Gasteiger partial charge in [-0.3, -0.25) is 4.79 Å². The van der Waals surface area contributed by atoms with Crippen LogP contribution < -0.4 is 15.4 Å². The van der Waals surface area contributed by atoms with Crippen LogP contribution in [-0.2, 0) is 30.7 Å². The zero-order valence-corrected chi connectivity index (χ0v) is 19.7. The van der Waals surface area contributed by atoms with Crippen LogP contribution >= 0.6 is 11.3 Å². The number of methoxy groups -OCH3 is 1. The zero-order chi connectivity index (χ0) is 23.9. The minimum absolute atomic E-state index is 0.137. The molecule has 0 saturated heterocycles. The lowest BCUT2D eigenvalue weighted by Crippen LogP contribution is -2.43. The van der Waals surface area contributed by atoms with Gasteiger partial charge in [0.05, 0.1) is 25.5 Å². The van der Waals surface area contributed by atoms with Crippen LogP contribution in [0, 0.1) is 11.3 Å². The van der Waals surface area contributed by atoms with Crippen molar-refractivity contribution in [3.05, 3.63) is 64.6 Å². The molecule has 2 N–H and O–H groups in total. The highest BCUT2D eigenvalue weighted by molar-refractivity contribution is 7.16. The van der Waals surface area contributed by atoms with Crippen LogP contribution in [0.15, 0.2) is 43.0 Å². The largest absolute Gasteiger partial charge is 0.497 e. The minimum atomic E-state index is -0.146. The number of nitriles is 1. The molecular weight excluding hydrogens is 452 g/mol. The molecular formula is C24H26N6O3S. The SMILES string of the molecule is COc1cccc(CCC(=O)Nc2sc3c(c2C#N)CCN(C(=O)NCCn2ccnc2)C3)c1. The number of aryl methyl sites for hydroxylation is 1. The summed E-state index contributed by atoms with van der Waals surface area (Å²) in [5.41, 5.74) is 2.45. The molecule has 4 rings (SSSR count). The normalized spacial score (nSPS) is 12.5. The number of fused-ring (bicyclic) bond motifs is 1. The van der Waals surface area contributed by atoms with Gasteiger partial charge in [-0.15, -0.1) is 11.3 Å². The number of carbonyl (C=O) groups is 2. The van der Waals surface area contributed by atoms with Crippen molar-refractivity contribution in [1.82, 2.24) is 19.8 Å². The maximum Gasteiger partial charge on any atom is 0.317 e. The van der Waals surface area contributed by atoms with Crippen LogP contribution in [0.5, 0.6) is 5.75 Å². The van der Waals surface area contributed by atoms with E-state index in [9.17, 15) is 14.9 Å². The Hall–Kier alpha value is -3.84. The summed E-state index contributed by atoms with van der Waals surface area (Å²) < 4.78 is 7.13. The first kappa shape index (κ1) is 23.3. The first-order chi connectivity index (χ1) is 16.6. The average molecular weight is 479 g/mol. The van der Waals surface area contributed by atoms with Crippen molar-refractivity contribution in [3.8, 4) is 11.8 Å². The second-order valence-electron chi connectivity index (χ2n) is 7.92. The van der Waals surface area contributed by atoms with E-state index in [4.69, 9.17) is 4.74 Å². The van der Waals surface area contributed by atoms with Gasteiger partial charge in [-0.25, -0.2) is 9.78 Å². The fourth-order valence-corrected chi connectivity index (χ4v) is 5.11. The monoisotopic (exact) mass is 478 g/mol. The number of carbonyl (C=O) groups excluding carboxylic acids is 2. The highest BCUT2D eigenvalue weighted by Gasteiger charge is 2.27. The first-order valence-corrected chi connectivity index (χ1v) is 11.8. The van der Waals surface area contributed by atoms with Gasteiger partial charge in [-0.2, -0.15) is 5.26 Å². The Bertz CT molecular complexity index is 1200. The molecule has 0 bridgehead atoms. The molecule has 0 saturated carbocycles. The Morgan fingerprint density at radius 1 is 1.35 bits per heavy atom. The van der Waals surface area contributed by atoms with Gasteiger partial charge < -0.3 is 24.8 Å². The van der Waals surface area contributed by atoms with Gasteiger partial charge in [0.1, 0.15) is 16.8 Å². The van der Waals surface area contributed by atoms with Crippen LogP contribution in [0.25, 0.3) is 0 Å². The summed E-state index contributed by atoms with van der Waals surface area (Å²) in [6.07, 6.45) is 6.72. The molecule has 0 spiro atoms. The third kappa shape index (κ3) is 5.55. The molecule has 3 amide bonds. The van der Waals surface area contributed by atoms with Crippen molar-refractivity contribution in [2.24, 2.45) is 0 Å². The molecule has 176 valence electrons. The van der Waals surface area contributed by atoms with Crippen molar-refractivity contribution >= 4 is 28.3 Å². The Balaban J connectivity index is 1.33. The number of nitrogens with zero attached hydrogens (tertiary/aromatic N) is 4. The van der Waals surface area contributed by atoms with Gasteiger partial charge >= 0.3 is 6.03 Å². The van der Waals surface area contributed by atoms with Gasteiger partial charge in [-0.05, 0) is 36.1 Å². The van der Waals surface area contributed by atoms with E-state index in [2.05, 4.69) is 21.7 Å². The van der Waals surface area contributed by atoms with Gasteiger partial charge in [0.25, 0.3) is 0 Å². The van der Waals surface area contributed by atoms with Gasteiger partial charge in [0, 0.05) is 43.3 Å². The number of thiophene rings is 1. The van der Waals surface area contributed by atoms with Crippen LogP contribution in [0.1, 0.15) is 28.0 Å². The molecule has 2 aromatic heterocycles. The maximum absolute atomic E-state index is 12.6. The third-order valence-electron chi connectivity index (χ3n) is 5.69. The summed E-state index contributed by atoms with van der Waals surface area (Å²) in [6, 6.07) is 9.73. The van der Waals surface area contributed by atoms with Gasteiger partial charge in [0.2, 0.25) is 5.91 Å². The number of rotatable bonds is 8. The highest BCUT2D eigenvalue weighted by atomic mass is 32.1. The summed E-state index contributed by atoms with van der Waals surface area (Å²) in [5.74, 6) is 0.609. The number of aromatic nitrogens is 2. The lowest BCUT2D eigenvalue weighted by Gasteiger charge is -2.27.